The van der Waals surface area contributed by atoms with Gasteiger partial charge < -0.3 is 0 Å². The predicted octanol–water partition coefficient (Wildman–Crippen LogP) is 2.56. The van der Waals surface area contributed by atoms with Crippen LogP contribution >= 0.6 is 0 Å². The first-order chi connectivity index (χ1) is 10.6. The fourth-order valence-electron chi connectivity index (χ4n) is 2.75. The highest BCUT2D eigenvalue weighted by atomic mass is 16.1. The van der Waals surface area contributed by atoms with Crippen LogP contribution in [-0.2, 0) is 7.05 Å². The largest absolute Gasteiger partial charge is 0.275 e. The number of aryl methyl sites for hydroxylation is 1. The van der Waals surface area contributed by atoms with Gasteiger partial charge in [-0.1, -0.05) is 12.1 Å². The highest BCUT2D eigenvalue weighted by Crippen LogP contribution is 2.24. The Kier molecular flexibility index (Phi) is 2.63. The molecule has 3 heterocycles. The maximum atomic E-state index is 12.5. The van der Waals surface area contributed by atoms with E-state index in [1.165, 1.54) is 0 Å². The minimum absolute atomic E-state index is 0.0353. The molecule has 0 N–H and O–H groups in total. The van der Waals surface area contributed by atoms with Gasteiger partial charge in [0.2, 0.25) is 0 Å². The SMILES string of the molecule is Cc1c(-c2ccc3nn(C)cc3c2)nc2ccccn2c1=O. The Morgan fingerprint density at radius 2 is 2.00 bits per heavy atom. The van der Waals surface area contributed by atoms with Gasteiger partial charge >= 0.3 is 0 Å². The second kappa shape index (κ2) is 4.53. The summed E-state index contributed by atoms with van der Waals surface area (Å²) >= 11 is 0. The normalized spacial score (nSPS) is 11.4. The zero-order valence-electron chi connectivity index (χ0n) is 12.3. The van der Waals surface area contributed by atoms with E-state index in [1.54, 1.807) is 15.3 Å². The molecule has 0 aliphatic heterocycles. The van der Waals surface area contributed by atoms with Crippen molar-refractivity contribution in [3.8, 4) is 11.3 Å². The minimum Gasteiger partial charge on any atom is -0.275 e. The molecule has 4 aromatic rings. The van der Waals surface area contributed by atoms with Crippen LogP contribution in [0.5, 0.6) is 0 Å². The molecule has 0 aliphatic carbocycles. The van der Waals surface area contributed by atoms with Gasteiger partial charge in [-0.15, -0.1) is 0 Å². The van der Waals surface area contributed by atoms with Crippen molar-refractivity contribution < 1.29 is 0 Å². The second-order valence-electron chi connectivity index (χ2n) is 5.40. The van der Waals surface area contributed by atoms with Crippen LogP contribution in [-0.4, -0.2) is 19.2 Å². The van der Waals surface area contributed by atoms with Crippen LogP contribution in [0.15, 0.2) is 53.6 Å². The summed E-state index contributed by atoms with van der Waals surface area (Å²) in [5.74, 6) is 0. The first-order valence-electron chi connectivity index (χ1n) is 7.05. The Hall–Kier alpha value is -2.95. The molecule has 0 amide bonds. The molecule has 0 fully saturated rings. The molecule has 0 unspecified atom stereocenters. The van der Waals surface area contributed by atoms with Crippen molar-refractivity contribution in [3.63, 3.8) is 0 Å². The van der Waals surface area contributed by atoms with E-state index in [2.05, 4.69) is 10.1 Å². The lowest BCUT2D eigenvalue weighted by molar-refractivity contribution is 0.780. The molecular weight excluding hydrogens is 276 g/mol. The number of hydrogen-bond donors (Lipinski definition) is 0. The molecule has 5 heteroatoms. The molecular formula is C17H14N4O. The van der Waals surface area contributed by atoms with Crippen LogP contribution < -0.4 is 5.56 Å². The Labute approximate surface area is 126 Å². The third-order valence-electron chi connectivity index (χ3n) is 3.85. The fraction of sp³-hybridized carbons (Fsp3) is 0.118. The Morgan fingerprint density at radius 3 is 2.86 bits per heavy atom. The zero-order valence-corrected chi connectivity index (χ0v) is 12.3. The average Bonchev–Trinajstić information content (AvgIpc) is 2.90. The van der Waals surface area contributed by atoms with Crippen LogP contribution in [0, 0.1) is 6.92 Å². The number of aromatic nitrogens is 4. The number of benzene rings is 1. The lowest BCUT2D eigenvalue weighted by atomic mass is 10.1. The third-order valence-corrected chi connectivity index (χ3v) is 3.85. The number of hydrogen-bond acceptors (Lipinski definition) is 3. The molecule has 22 heavy (non-hydrogen) atoms. The summed E-state index contributed by atoms with van der Waals surface area (Å²) in [4.78, 5) is 17.2. The molecule has 3 aromatic heterocycles. The van der Waals surface area contributed by atoms with Crippen molar-refractivity contribution in [2.24, 2.45) is 7.05 Å². The molecule has 4 rings (SSSR count). The van der Waals surface area contributed by atoms with E-state index in [1.807, 2.05) is 56.6 Å². The highest BCUT2D eigenvalue weighted by molar-refractivity contribution is 5.84. The van der Waals surface area contributed by atoms with Crippen molar-refractivity contribution in [2.75, 3.05) is 0 Å². The van der Waals surface area contributed by atoms with E-state index in [4.69, 9.17) is 0 Å². The van der Waals surface area contributed by atoms with Crippen LogP contribution in [0.3, 0.4) is 0 Å². The fourth-order valence-corrected chi connectivity index (χ4v) is 2.75. The minimum atomic E-state index is -0.0353. The van der Waals surface area contributed by atoms with Gasteiger partial charge in [0.05, 0.1) is 11.2 Å². The van der Waals surface area contributed by atoms with Crippen molar-refractivity contribution in [3.05, 3.63) is 64.7 Å². The van der Waals surface area contributed by atoms with Crippen molar-refractivity contribution >= 4 is 16.6 Å². The third kappa shape index (κ3) is 1.83. The van der Waals surface area contributed by atoms with E-state index in [-0.39, 0.29) is 5.56 Å². The van der Waals surface area contributed by atoms with E-state index in [0.29, 0.717) is 11.2 Å². The predicted molar refractivity (Wildman–Crippen MR) is 85.9 cm³/mol. The quantitative estimate of drug-likeness (QED) is 0.541. The Bertz CT molecular complexity index is 1080. The molecule has 0 atom stereocenters. The maximum absolute atomic E-state index is 12.5. The Morgan fingerprint density at radius 1 is 1.14 bits per heavy atom. The van der Waals surface area contributed by atoms with Gasteiger partial charge in [-0.25, -0.2) is 4.98 Å². The summed E-state index contributed by atoms with van der Waals surface area (Å²) < 4.78 is 3.35. The van der Waals surface area contributed by atoms with Crippen LogP contribution in [0.25, 0.3) is 27.8 Å². The molecule has 0 bridgehead atoms. The van der Waals surface area contributed by atoms with E-state index >= 15 is 0 Å². The van der Waals surface area contributed by atoms with Gasteiger partial charge in [-0.3, -0.25) is 13.9 Å². The second-order valence-corrected chi connectivity index (χ2v) is 5.40. The molecule has 5 nitrogen and oxygen atoms in total. The van der Waals surface area contributed by atoms with Crippen molar-refractivity contribution in [2.45, 2.75) is 6.92 Å². The van der Waals surface area contributed by atoms with Gasteiger partial charge in [-0.05, 0) is 31.2 Å². The van der Waals surface area contributed by atoms with Crippen LogP contribution in [0.4, 0.5) is 0 Å². The molecule has 0 spiro atoms. The smallest absolute Gasteiger partial charge is 0.261 e. The van der Waals surface area contributed by atoms with E-state index in [0.717, 1.165) is 22.2 Å². The van der Waals surface area contributed by atoms with Crippen molar-refractivity contribution in [1.29, 1.82) is 0 Å². The zero-order chi connectivity index (χ0) is 15.3. The molecule has 0 aliphatic rings. The number of rotatable bonds is 1. The summed E-state index contributed by atoms with van der Waals surface area (Å²) in [5, 5.41) is 5.40. The first kappa shape index (κ1) is 12.8. The molecule has 0 radical (unpaired) electrons. The van der Waals surface area contributed by atoms with Gasteiger partial charge in [-0.2, -0.15) is 5.10 Å². The molecule has 1 aromatic carbocycles. The van der Waals surface area contributed by atoms with Gasteiger partial charge in [0.15, 0.2) is 0 Å². The summed E-state index contributed by atoms with van der Waals surface area (Å²) in [5.41, 5.74) is 3.85. The van der Waals surface area contributed by atoms with E-state index < -0.39 is 0 Å². The first-order valence-corrected chi connectivity index (χ1v) is 7.05. The number of nitrogens with zero attached hydrogens (tertiary/aromatic N) is 4. The van der Waals surface area contributed by atoms with Gasteiger partial charge in [0.25, 0.3) is 5.56 Å². The highest BCUT2D eigenvalue weighted by Gasteiger charge is 2.11. The van der Waals surface area contributed by atoms with Gasteiger partial charge in [0.1, 0.15) is 5.65 Å². The maximum Gasteiger partial charge on any atom is 0.261 e. The lowest BCUT2D eigenvalue weighted by Gasteiger charge is -2.08. The van der Waals surface area contributed by atoms with Crippen LogP contribution in [0.2, 0.25) is 0 Å². The lowest BCUT2D eigenvalue weighted by Crippen LogP contribution is -2.18. The van der Waals surface area contributed by atoms with Crippen LogP contribution in [0.1, 0.15) is 5.56 Å². The topological polar surface area (TPSA) is 52.2 Å². The summed E-state index contributed by atoms with van der Waals surface area (Å²) in [6.45, 7) is 1.82. The summed E-state index contributed by atoms with van der Waals surface area (Å²) in [7, 11) is 1.89. The molecule has 0 saturated heterocycles. The molecule has 108 valence electrons. The number of fused-ring (bicyclic) bond motifs is 2. The Balaban J connectivity index is 2.02. The summed E-state index contributed by atoms with van der Waals surface area (Å²) in [6, 6.07) is 11.5. The summed E-state index contributed by atoms with van der Waals surface area (Å²) in [6.07, 6.45) is 3.70. The average molecular weight is 290 g/mol. The molecule has 0 saturated carbocycles. The standard InChI is InChI=1S/C17H14N4O/c1-11-16(18-15-5-3-4-8-21(15)17(11)22)12-6-7-14-13(9-12)10-20(2)19-14/h3-10H,1-2H3. The van der Waals surface area contributed by atoms with Gasteiger partial charge in [0, 0.05) is 36.0 Å². The van der Waals surface area contributed by atoms with E-state index in [9.17, 15) is 4.79 Å². The monoisotopic (exact) mass is 290 g/mol. The van der Waals surface area contributed by atoms with Crippen molar-refractivity contribution in [1.82, 2.24) is 19.2 Å². The number of pyridine rings is 1.